The van der Waals surface area contributed by atoms with Crippen molar-refractivity contribution in [3.8, 4) is 11.5 Å². The lowest BCUT2D eigenvalue weighted by Gasteiger charge is -2.19. The summed E-state index contributed by atoms with van der Waals surface area (Å²) in [5, 5.41) is 8.08. The van der Waals surface area contributed by atoms with E-state index in [0.29, 0.717) is 23.9 Å². The lowest BCUT2D eigenvalue weighted by atomic mass is 10.3. The van der Waals surface area contributed by atoms with Crippen LogP contribution < -0.4 is 9.80 Å². The topological polar surface area (TPSA) is 101 Å². The molecule has 0 atom stereocenters. The lowest BCUT2D eigenvalue weighted by molar-refractivity contribution is 0.255. The first-order chi connectivity index (χ1) is 14.7. The van der Waals surface area contributed by atoms with Crippen LogP contribution in [0.2, 0.25) is 0 Å². The highest BCUT2D eigenvalue weighted by Crippen LogP contribution is 2.29. The van der Waals surface area contributed by atoms with Gasteiger partial charge in [0.15, 0.2) is 15.7 Å². The summed E-state index contributed by atoms with van der Waals surface area (Å²) in [4.78, 5) is 20.2. The van der Waals surface area contributed by atoms with Crippen molar-refractivity contribution in [2.45, 2.75) is 24.8 Å². The molecular formula is C20H21FN6O3S. The van der Waals surface area contributed by atoms with Crippen LogP contribution in [0.1, 0.15) is 19.9 Å². The zero-order chi connectivity index (χ0) is 22.3. The van der Waals surface area contributed by atoms with Gasteiger partial charge in [0.2, 0.25) is 0 Å². The molecule has 11 heteroatoms. The van der Waals surface area contributed by atoms with E-state index < -0.39 is 21.7 Å². The second-order valence-corrected chi connectivity index (χ2v) is 9.52. The van der Waals surface area contributed by atoms with Crippen molar-refractivity contribution in [2.75, 3.05) is 29.1 Å². The van der Waals surface area contributed by atoms with E-state index in [1.807, 2.05) is 18.4 Å². The number of nitrogens with zero attached hydrogens (tertiary/aromatic N) is 6. The first-order valence-corrected chi connectivity index (χ1v) is 11.5. The number of halogens is 1. The third-order valence-corrected chi connectivity index (χ3v) is 6.13. The van der Waals surface area contributed by atoms with Crippen molar-refractivity contribution >= 4 is 27.4 Å². The van der Waals surface area contributed by atoms with Crippen LogP contribution in [0.25, 0.3) is 11.5 Å². The first kappa shape index (κ1) is 20.9. The van der Waals surface area contributed by atoms with Gasteiger partial charge in [0.05, 0.1) is 10.6 Å². The maximum absolute atomic E-state index is 14.6. The van der Waals surface area contributed by atoms with Crippen LogP contribution >= 0.6 is 0 Å². The number of hydrogen-bond donors (Lipinski definition) is 0. The van der Waals surface area contributed by atoms with E-state index in [1.165, 1.54) is 21.9 Å². The Balaban J connectivity index is 1.63. The zero-order valence-corrected chi connectivity index (χ0v) is 18.0. The molecule has 2 aromatic heterocycles. The minimum absolute atomic E-state index is 0.0237. The molecule has 4 rings (SSSR count). The van der Waals surface area contributed by atoms with Gasteiger partial charge in [-0.05, 0) is 44.2 Å². The number of hydrogen-bond acceptors (Lipinski definition) is 6. The number of amides is 2. The summed E-state index contributed by atoms with van der Waals surface area (Å²) in [6, 6.07) is 8.48. The molecule has 3 aromatic rings. The van der Waals surface area contributed by atoms with Crippen LogP contribution in [0.5, 0.6) is 0 Å². The Morgan fingerprint density at radius 2 is 1.84 bits per heavy atom. The van der Waals surface area contributed by atoms with Gasteiger partial charge >= 0.3 is 6.03 Å². The second-order valence-electron chi connectivity index (χ2n) is 7.51. The molecule has 1 aliphatic heterocycles. The van der Waals surface area contributed by atoms with Crippen molar-refractivity contribution < 1.29 is 17.6 Å². The Morgan fingerprint density at radius 3 is 2.52 bits per heavy atom. The molecule has 0 N–H and O–H groups in total. The third-order valence-electron chi connectivity index (χ3n) is 5.02. The minimum atomic E-state index is -3.55. The summed E-state index contributed by atoms with van der Waals surface area (Å²) in [6.45, 7) is 4.55. The Morgan fingerprint density at radius 1 is 1.10 bits per heavy atom. The quantitative estimate of drug-likeness (QED) is 0.600. The predicted octanol–water partition coefficient (Wildman–Crippen LogP) is 2.91. The Hall–Kier alpha value is -3.34. The fraction of sp³-hybridized carbons (Fsp3) is 0.300. The number of anilines is 2. The summed E-state index contributed by atoms with van der Waals surface area (Å²) in [5.74, 6) is 0.226. The summed E-state index contributed by atoms with van der Waals surface area (Å²) in [7, 11) is -3.55. The molecular weight excluding hydrogens is 423 g/mol. The molecule has 0 spiro atoms. The van der Waals surface area contributed by atoms with Crippen molar-refractivity contribution in [1.82, 2.24) is 19.7 Å². The summed E-state index contributed by atoms with van der Waals surface area (Å²) in [6.07, 6.45) is 2.63. The van der Waals surface area contributed by atoms with Crippen molar-refractivity contribution in [3.63, 3.8) is 0 Å². The molecule has 9 nitrogen and oxygen atoms in total. The maximum atomic E-state index is 14.6. The highest BCUT2D eigenvalue weighted by atomic mass is 32.2. The highest BCUT2D eigenvalue weighted by molar-refractivity contribution is 7.90. The molecule has 3 heterocycles. The molecule has 1 aromatic carbocycles. The fourth-order valence-electron chi connectivity index (χ4n) is 3.41. The van der Waals surface area contributed by atoms with E-state index in [0.717, 1.165) is 12.3 Å². The van der Waals surface area contributed by atoms with E-state index in [2.05, 4.69) is 15.2 Å². The van der Waals surface area contributed by atoms with Crippen LogP contribution in [0.4, 0.5) is 20.7 Å². The van der Waals surface area contributed by atoms with E-state index in [-0.39, 0.29) is 23.2 Å². The number of sulfone groups is 1. The number of carbonyl (C=O) groups excluding carboxylic acids is 1. The fourth-order valence-corrected chi connectivity index (χ4v) is 4.04. The molecule has 0 aliphatic carbocycles. The SMILES string of the molecule is CC(C)n1cnnc1-c1cccc(N2CCN(c3ccc(S(C)(=O)=O)cc3F)C2=O)n1. The zero-order valence-electron chi connectivity index (χ0n) is 17.2. The number of benzene rings is 1. The van der Waals surface area contributed by atoms with E-state index >= 15 is 0 Å². The van der Waals surface area contributed by atoms with Gasteiger partial charge in [-0.25, -0.2) is 22.6 Å². The Bertz CT molecular complexity index is 1260. The average molecular weight is 444 g/mol. The van der Waals surface area contributed by atoms with E-state index in [1.54, 1.807) is 24.5 Å². The maximum Gasteiger partial charge on any atom is 0.330 e. The van der Waals surface area contributed by atoms with E-state index in [9.17, 15) is 17.6 Å². The van der Waals surface area contributed by atoms with Gasteiger partial charge in [-0.1, -0.05) is 6.07 Å². The van der Waals surface area contributed by atoms with Crippen molar-refractivity contribution in [3.05, 3.63) is 48.5 Å². The molecule has 0 saturated carbocycles. The number of pyridine rings is 1. The van der Waals surface area contributed by atoms with Gasteiger partial charge in [-0.15, -0.1) is 10.2 Å². The standard InChI is InChI=1S/C20H21FN6O3S/c1-13(2)27-12-22-24-19(27)16-5-4-6-18(23-16)26-10-9-25(20(26)28)17-8-7-14(11-15(17)21)31(3,29)30/h4-8,11-13H,9-10H2,1-3H3. The summed E-state index contributed by atoms with van der Waals surface area (Å²) >= 11 is 0. The largest absolute Gasteiger partial charge is 0.330 e. The van der Waals surface area contributed by atoms with Gasteiger partial charge in [-0.2, -0.15) is 0 Å². The third kappa shape index (κ3) is 3.88. The summed E-state index contributed by atoms with van der Waals surface area (Å²) in [5.41, 5.74) is 0.592. The Labute approximate surface area is 179 Å². The molecule has 1 saturated heterocycles. The monoisotopic (exact) mass is 444 g/mol. The molecule has 1 aliphatic rings. The molecule has 0 radical (unpaired) electrons. The van der Waals surface area contributed by atoms with Crippen LogP contribution in [0.3, 0.4) is 0 Å². The van der Waals surface area contributed by atoms with Crippen LogP contribution in [-0.4, -0.2) is 53.5 Å². The van der Waals surface area contributed by atoms with E-state index in [4.69, 9.17) is 0 Å². The second kappa shape index (κ2) is 7.73. The van der Waals surface area contributed by atoms with Gasteiger partial charge in [0.1, 0.15) is 23.7 Å². The van der Waals surface area contributed by atoms with Crippen LogP contribution in [0, 0.1) is 5.82 Å². The molecule has 162 valence electrons. The van der Waals surface area contributed by atoms with Crippen molar-refractivity contribution in [1.29, 1.82) is 0 Å². The normalized spacial score (nSPS) is 14.7. The number of rotatable bonds is 5. The number of carbonyl (C=O) groups is 1. The molecule has 31 heavy (non-hydrogen) atoms. The van der Waals surface area contributed by atoms with Gasteiger partial charge < -0.3 is 4.57 Å². The lowest BCUT2D eigenvalue weighted by Crippen LogP contribution is -2.32. The van der Waals surface area contributed by atoms with Gasteiger partial charge in [-0.3, -0.25) is 9.80 Å². The number of urea groups is 1. The minimum Gasteiger partial charge on any atom is -0.310 e. The summed E-state index contributed by atoms with van der Waals surface area (Å²) < 4.78 is 39.8. The smallest absolute Gasteiger partial charge is 0.310 e. The van der Waals surface area contributed by atoms with Crippen LogP contribution in [0.15, 0.2) is 47.6 Å². The Kier molecular flexibility index (Phi) is 5.21. The van der Waals surface area contributed by atoms with Gasteiger partial charge in [0, 0.05) is 25.4 Å². The molecule has 0 unspecified atom stereocenters. The average Bonchev–Trinajstić information content (AvgIpc) is 3.35. The van der Waals surface area contributed by atoms with Gasteiger partial charge in [0.25, 0.3) is 0 Å². The molecule has 0 bridgehead atoms. The first-order valence-electron chi connectivity index (χ1n) is 9.62. The molecule has 2 amide bonds. The number of aromatic nitrogens is 4. The molecule has 1 fully saturated rings. The predicted molar refractivity (Wildman–Crippen MR) is 113 cm³/mol. The van der Waals surface area contributed by atoms with Crippen molar-refractivity contribution in [2.24, 2.45) is 0 Å². The highest BCUT2D eigenvalue weighted by Gasteiger charge is 2.33. The van der Waals surface area contributed by atoms with Crippen LogP contribution in [-0.2, 0) is 9.84 Å².